The third-order valence-corrected chi connectivity index (χ3v) is 4.72. The average Bonchev–Trinajstić information content (AvgIpc) is 3.50. The third kappa shape index (κ3) is 3.17. The zero-order chi connectivity index (χ0) is 18.9. The number of fused-ring (bicyclic) bond motifs is 1. The van der Waals surface area contributed by atoms with E-state index in [1.54, 1.807) is 42.5 Å². The van der Waals surface area contributed by atoms with Gasteiger partial charge >= 0.3 is 0 Å². The lowest BCUT2D eigenvalue weighted by molar-refractivity contribution is -0.131. The molecule has 1 aliphatic heterocycles. The van der Waals surface area contributed by atoms with Crippen molar-refractivity contribution in [2.24, 2.45) is 5.41 Å². The standard InChI is InChI=1S/C20H17N3O4/c21-12-13-3-1-2-4-15(13)23-19(25)20(7-8-20)18(24)22-14-5-6-16-17(11-14)27-10-9-26-16/h1-6,11H,7-10H2,(H,22,24)(H,23,25). The van der Waals surface area contributed by atoms with E-state index in [1.807, 2.05) is 6.07 Å². The van der Waals surface area contributed by atoms with Gasteiger partial charge in [0.1, 0.15) is 24.7 Å². The third-order valence-electron chi connectivity index (χ3n) is 4.72. The van der Waals surface area contributed by atoms with Gasteiger partial charge in [-0.15, -0.1) is 0 Å². The molecule has 0 unspecified atom stereocenters. The normalized spacial score (nSPS) is 16.0. The molecule has 7 heteroatoms. The SMILES string of the molecule is N#Cc1ccccc1NC(=O)C1(C(=O)Nc2ccc3c(c2)OCCO3)CC1. The lowest BCUT2D eigenvalue weighted by Crippen LogP contribution is -2.35. The lowest BCUT2D eigenvalue weighted by Gasteiger charge is -2.20. The van der Waals surface area contributed by atoms with Crippen molar-refractivity contribution in [1.29, 1.82) is 5.26 Å². The van der Waals surface area contributed by atoms with E-state index < -0.39 is 11.3 Å². The summed E-state index contributed by atoms with van der Waals surface area (Å²) in [6.07, 6.45) is 0.924. The number of hydrogen-bond acceptors (Lipinski definition) is 5. The molecule has 2 N–H and O–H groups in total. The topological polar surface area (TPSA) is 100 Å². The van der Waals surface area contributed by atoms with Crippen LogP contribution in [-0.4, -0.2) is 25.0 Å². The number of nitriles is 1. The molecule has 1 aliphatic carbocycles. The largest absolute Gasteiger partial charge is 0.486 e. The first kappa shape index (κ1) is 16.9. The highest BCUT2D eigenvalue weighted by Crippen LogP contribution is 2.48. The second kappa shape index (κ2) is 6.65. The molecular formula is C20H17N3O4. The van der Waals surface area contributed by atoms with E-state index in [4.69, 9.17) is 14.7 Å². The fourth-order valence-corrected chi connectivity index (χ4v) is 2.99. The zero-order valence-electron chi connectivity index (χ0n) is 14.5. The van der Waals surface area contributed by atoms with Gasteiger partial charge in [-0.25, -0.2) is 0 Å². The Hall–Kier alpha value is -3.53. The van der Waals surface area contributed by atoms with Crippen LogP contribution in [0.3, 0.4) is 0 Å². The van der Waals surface area contributed by atoms with Gasteiger partial charge in [0.25, 0.3) is 0 Å². The molecule has 7 nitrogen and oxygen atoms in total. The summed E-state index contributed by atoms with van der Waals surface area (Å²) in [6.45, 7) is 0.946. The molecule has 0 saturated heterocycles. The zero-order valence-corrected chi connectivity index (χ0v) is 14.5. The molecule has 2 aromatic carbocycles. The van der Waals surface area contributed by atoms with E-state index >= 15 is 0 Å². The summed E-state index contributed by atoms with van der Waals surface area (Å²) < 4.78 is 11.0. The molecule has 0 spiro atoms. The van der Waals surface area contributed by atoms with Crippen molar-refractivity contribution in [3.05, 3.63) is 48.0 Å². The number of rotatable bonds is 4. The van der Waals surface area contributed by atoms with Crippen molar-refractivity contribution in [2.45, 2.75) is 12.8 Å². The van der Waals surface area contributed by atoms with Crippen molar-refractivity contribution in [1.82, 2.24) is 0 Å². The smallest absolute Gasteiger partial charge is 0.240 e. The van der Waals surface area contributed by atoms with E-state index in [0.29, 0.717) is 54.5 Å². The van der Waals surface area contributed by atoms with Crippen LogP contribution in [-0.2, 0) is 9.59 Å². The molecule has 0 radical (unpaired) electrons. The van der Waals surface area contributed by atoms with Crippen LogP contribution in [0.5, 0.6) is 11.5 Å². The summed E-state index contributed by atoms with van der Waals surface area (Å²) in [5.74, 6) is 0.425. The second-order valence-electron chi connectivity index (χ2n) is 6.51. The molecule has 4 rings (SSSR count). The fourth-order valence-electron chi connectivity index (χ4n) is 2.99. The summed E-state index contributed by atoms with van der Waals surface area (Å²) in [4.78, 5) is 25.4. The maximum absolute atomic E-state index is 12.7. The molecule has 2 aromatic rings. The van der Waals surface area contributed by atoms with E-state index in [9.17, 15) is 9.59 Å². The van der Waals surface area contributed by atoms with Crippen LogP contribution in [0, 0.1) is 16.7 Å². The summed E-state index contributed by atoms with van der Waals surface area (Å²) in [5.41, 5.74) is 0.188. The Bertz CT molecular complexity index is 960. The molecule has 0 bridgehead atoms. The molecule has 2 aliphatic rings. The van der Waals surface area contributed by atoms with Crippen molar-refractivity contribution in [2.75, 3.05) is 23.8 Å². The molecule has 0 aromatic heterocycles. The van der Waals surface area contributed by atoms with Crippen molar-refractivity contribution >= 4 is 23.2 Å². The number of nitrogens with one attached hydrogen (secondary N) is 2. The fraction of sp³-hybridized carbons (Fsp3) is 0.250. The maximum atomic E-state index is 12.7. The Balaban J connectivity index is 1.48. The second-order valence-corrected chi connectivity index (χ2v) is 6.51. The number of para-hydroxylation sites is 1. The highest BCUT2D eigenvalue weighted by atomic mass is 16.6. The Morgan fingerprint density at radius 3 is 2.41 bits per heavy atom. The molecular weight excluding hydrogens is 346 g/mol. The number of hydrogen-bond donors (Lipinski definition) is 2. The van der Waals surface area contributed by atoms with Crippen LogP contribution in [0.2, 0.25) is 0 Å². The van der Waals surface area contributed by atoms with E-state index in [0.717, 1.165) is 0 Å². The number of amides is 2. The monoisotopic (exact) mass is 363 g/mol. The number of anilines is 2. The average molecular weight is 363 g/mol. The first-order chi connectivity index (χ1) is 13.1. The number of carbonyl (C=O) groups excluding carboxylic acids is 2. The predicted molar refractivity (Wildman–Crippen MR) is 97.5 cm³/mol. The van der Waals surface area contributed by atoms with Gasteiger partial charge in [0.2, 0.25) is 11.8 Å². The van der Waals surface area contributed by atoms with Gasteiger partial charge in [-0.3, -0.25) is 9.59 Å². The van der Waals surface area contributed by atoms with Gasteiger partial charge in [0.15, 0.2) is 11.5 Å². The van der Waals surface area contributed by atoms with Crippen molar-refractivity contribution < 1.29 is 19.1 Å². The Labute approximate surface area is 155 Å². The van der Waals surface area contributed by atoms with Crippen molar-refractivity contribution in [3.63, 3.8) is 0 Å². The minimum atomic E-state index is -1.12. The summed E-state index contributed by atoms with van der Waals surface area (Å²) in [6, 6.07) is 13.9. The van der Waals surface area contributed by atoms with Crippen LogP contribution in [0.25, 0.3) is 0 Å². The van der Waals surface area contributed by atoms with Gasteiger partial charge < -0.3 is 20.1 Å². The number of benzene rings is 2. The van der Waals surface area contributed by atoms with Crippen LogP contribution in [0.1, 0.15) is 18.4 Å². The number of nitrogens with zero attached hydrogens (tertiary/aromatic N) is 1. The first-order valence-corrected chi connectivity index (χ1v) is 8.64. The highest BCUT2D eigenvalue weighted by Gasteiger charge is 2.56. The summed E-state index contributed by atoms with van der Waals surface area (Å²) in [5, 5.41) is 14.7. The minimum Gasteiger partial charge on any atom is -0.486 e. The molecule has 0 atom stereocenters. The molecule has 136 valence electrons. The van der Waals surface area contributed by atoms with E-state index in [-0.39, 0.29) is 5.91 Å². The summed E-state index contributed by atoms with van der Waals surface area (Å²) in [7, 11) is 0. The van der Waals surface area contributed by atoms with Gasteiger partial charge in [0, 0.05) is 11.8 Å². The Morgan fingerprint density at radius 1 is 0.963 bits per heavy atom. The van der Waals surface area contributed by atoms with Gasteiger partial charge in [-0.05, 0) is 37.1 Å². The van der Waals surface area contributed by atoms with Crippen LogP contribution in [0.15, 0.2) is 42.5 Å². The lowest BCUT2D eigenvalue weighted by atomic mass is 10.0. The molecule has 1 saturated carbocycles. The molecule has 2 amide bonds. The van der Waals surface area contributed by atoms with E-state index in [2.05, 4.69) is 10.6 Å². The minimum absolute atomic E-state index is 0.355. The quantitative estimate of drug-likeness (QED) is 0.814. The van der Waals surface area contributed by atoms with Gasteiger partial charge in [0.05, 0.1) is 11.3 Å². The van der Waals surface area contributed by atoms with Crippen LogP contribution < -0.4 is 20.1 Å². The molecule has 27 heavy (non-hydrogen) atoms. The number of carbonyl (C=O) groups is 2. The number of ether oxygens (including phenoxy) is 2. The van der Waals surface area contributed by atoms with Crippen LogP contribution >= 0.6 is 0 Å². The molecule has 1 heterocycles. The van der Waals surface area contributed by atoms with E-state index in [1.165, 1.54) is 0 Å². The predicted octanol–water partition coefficient (Wildman–Crippen LogP) is 2.69. The highest BCUT2D eigenvalue weighted by molar-refractivity contribution is 6.17. The maximum Gasteiger partial charge on any atom is 0.240 e. The molecule has 1 fully saturated rings. The van der Waals surface area contributed by atoms with Crippen LogP contribution in [0.4, 0.5) is 11.4 Å². The Kier molecular flexibility index (Phi) is 4.16. The van der Waals surface area contributed by atoms with Gasteiger partial charge in [-0.1, -0.05) is 12.1 Å². The Morgan fingerprint density at radius 2 is 1.67 bits per heavy atom. The van der Waals surface area contributed by atoms with Crippen molar-refractivity contribution in [3.8, 4) is 17.6 Å². The summed E-state index contributed by atoms with van der Waals surface area (Å²) >= 11 is 0. The first-order valence-electron chi connectivity index (χ1n) is 8.64. The van der Waals surface area contributed by atoms with Gasteiger partial charge in [-0.2, -0.15) is 5.26 Å².